The first-order valence-electron chi connectivity index (χ1n) is 7.82. The van der Waals surface area contributed by atoms with Gasteiger partial charge in [-0.05, 0) is 42.2 Å². The molecule has 1 saturated carbocycles. The van der Waals surface area contributed by atoms with E-state index >= 15 is 0 Å². The van der Waals surface area contributed by atoms with E-state index in [0.29, 0.717) is 16.9 Å². The number of nitrogens with zero attached hydrogens (tertiary/aromatic N) is 1. The summed E-state index contributed by atoms with van der Waals surface area (Å²) in [7, 11) is 4.09. The maximum atomic E-state index is 6.37. The third-order valence-electron chi connectivity index (χ3n) is 4.35. The van der Waals surface area contributed by atoms with E-state index in [0.717, 1.165) is 16.4 Å². The van der Waals surface area contributed by atoms with Gasteiger partial charge in [-0.3, -0.25) is 0 Å². The van der Waals surface area contributed by atoms with Gasteiger partial charge in [0.05, 0.1) is 16.4 Å². The number of para-hydroxylation sites is 1. The van der Waals surface area contributed by atoms with Gasteiger partial charge in [0.25, 0.3) is 0 Å². The highest BCUT2D eigenvalue weighted by Gasteiger charge is 2.38. The zero-order valence-corrected chi connectivity index (χ0v) is 15.0. The van der Waals surface area contributed by atoms with E-state index in [1.165, 1.54) is 19.3 Å². The molecule has 1 aliphatic rings. The van der Waals surface area contributed by atoms with Gasteiger partial charge in [0.15, 0.2) is 0 Å². The molecule has 0 unspecified atom stereocenters. The van der Waals surface area contributed by atoms with Crippen molar-refractivity contribution in [1.82, 2.24) is 0 Å². The van der Waals surface area contributed by atoms with Crippen molar-refractivity contribution in [2.75, 3.05) is 24.3 Å². The largest absolute Gasteiger partial charge is 0.381 e. The van der Waals surface area contributed by atoms with Crippen molar-refractivity contribution in [1.29, 1.82) is 0 Å². The molecule has 0 aromatic heterocycles. The lowest BCUT2D eigenvalue weighted by atomic mass is 9.63. The summed E-state index contributed by atoms with van der Waals surface area (Å²) in [5.41, 5.74) is 3.00. The van der Waals surface area contributed by atoms with Crippen molar-refractivity contribution in [3.05, 3.63) is 23.2 Å². The van der Waals surface area contributed by atoms with Crippen LogP contribution in [0.25, 0.3) is 0 Å². The second-order valence-electron chi connectivity index (χ2n) is 8.29. The molecular weight excluding hydrogens is 280 g/mol. The minimum atomic E-state index is 0.385. The van der Waals surface area contributed by atoms with Crippen LogP contribution in [0.2, 0.25) is 5.02 Å². The molecule has 0 aliphatic heterocycles. The summed E-state index contributed by atoms with van der Waals surface area (Å²) in [4.78, 5) is 2.09. The van der Waals surface area contributed by atoms with E-state index in [1.54, 1.807) is 0 Å². The van der Waals surface area contributed by atoms with Crippen molar-refractivity contribution in [2.45, 2.75) is 53.0 Å². The number of hydrogen-bond acceptors (Lipinski definition) is 2. The maximum Gasteiger partial charge on any atom is 0.0786 e. The monoisotopic (exact) mass is 308 g/mol. The molecular formula is C18H29ClN2. The van der Waals surface area contributed by atoms with Gasteiger partial charge in [-0.2, -0.15) is 0 Å². The zero-order chi connectivity index (χ0) is 15.8. The molecule has 0 saturated heterocycles. The number of benzene rings is 1. The lowest BCUT2D eigenvalue weighted by molar-refractivity contribution is 0.105. The molecule has 0 amide bonds. The predicted molar refractivity (Wildman–Crippen MR) is 94.6 cm³/mol. The highest BCUT2D eigenvalue weighted by Crippen LogP contribution is 2.47. The Morgan fingerprint density at radius 1 is 1.10 bits per heavy atom. The summed E-state index contributed by atoms with van der Waals surface area (Å²) < 4.78 is 0. The van der Waals surface area contributed by atoms with Crippen LogP contribution in [0.4, 0.5) is 11.4 Å². The topological polar surface area (TPSA) is 15.3 Å². The molecule has 1 fully saturated rings. The summed E-state index contributed by atoms with van der Waals surface area (Å²) in [6, 6.07) is 6.62. The molecule has 0 atom stereocenters. The van der Waals surface area contributed by atoms with Crippen molar-refractivity contribution in [3.63, 3.8) is 0 Å². The normalized spacial score (nSPS) is 21.1. The Morgan fingerprint density at radius 3 is 2.19 bits per heavy atom. The third-order valence-corrected chi connectivity index (χ3v) is 4.65. The van der Waals surface area contributed by atoms with Crippen molar-refractivity contribution in [2.24, 2.45) is 10.8 Å². The molecule has 3 heteroatoms. The van der Waals surface area contributed by atoms with Gasteiger partial charge in [-0.25, -0.2) is 0 Å². The fourth-order valence-corrected chi connectivity index (χ4v) is 4.60. The van der Waals surface area contributed by atoms with Crippen LogP contribution in [0.5, 0.6) is 0 Å². The fourth-order valence-electron chi connectivity index (χ4n) is 4.25. The lowest BCUT2D eigenvalue weighted by Crippen LogP contribution is -2.40. The van der Waals surface area contributed by atoms with E-state index in [2.05, 4.69) is 44.0 Å². The summed E-state index contributed by atoms with van der Waals surface area (Å²) in [6.07, 6.45) is 3.69. The van der Waals surface area contributed by atoms with E-state index in [4.69, 9.17) is 11.6 Å². The molecule has 118 valence electrons. The summed E-state index contributed by atoms with van der Waals surface area (Å²) in [6.45, 7) is 9.53. The minimum absolute atomic E-state index is 0.385. The standard InChI is InChI=1S/C18H29ClN2/c1-17(2)10-13(11-18(3,4)12-17)20-15-9-7-8-14(19)16(15)21(5)6/h7-9,13,20H,10-12H2,1-6H3. The first-order chi connectivity index (χ1) is 9.60. The molecule has 0 bridgehead atoms. The van der Waals surface area contributed by atoms with Crippen LogP contribution in [-0.4, -0.2) is 20.1 Å². The quantitative estimate of drug-likeness (QED) is 0.801. The Balaban J connectivity index is 2.24. The van der Waals surface area contributed by atoms with Gasteiger partial charge in [-0.1, -0.05) is 45.4 Å². The molecule has 1 aliphatic carbocycles. The summed E-state index contributed by atoms with van der Waals surface area (Å²) >= 11 is 6.37. The Hall–Kier alpha value is -0.890. The van der Waals surface area contributed by atoms with E-state index < -0.39 is 0 Å². The number of anilines is 2. The smallest absolute Gasteiger partial charge is 0.0786 e. The minimum Gasteiger partial charge on any atom is -0.381 e. The Bertz CT molecular complexity index is 490. The number of nitrogens with one attached hydrogen (secondary N) is 1. The predicted octanol–water partition coefficient (Wildman–Crippen LogP) is 5.42. The molecule has 1 aromatic rings. The van der Waals surface area contributed by atoms with Gasteiger partial charge in [-0.15, -0.1) is 0 Å². The summed E-state index contributed by atoms with van der Waals surface area (Å²) in [5, 5.41) is 4.56. The van der Waals surface area contributed by atoms with Crippen LogP contribution >= 0.6 is 11.6 Å². The molecule has 0 spiro atoms. The first kappa shape index (κ1) is 16.5. The molecule has 1 N–H and O–H groups in total. The molecule has 0 radical (unpaired) electrons. The first-order valence-corrected chi connectivity index (χ1v) is 8.20. The van der Waals surface area contributed by atoms with E-state index in [1.807, 2.05) is 26.2 Å². The molecule has 2 nitrogen and oxygen atoms in total. The van der Waals surface area contributed by atoms with Crippen LogP contribution in [0, 0.1) is 10.8 Å². The van der Waals surface area contributed by atoms with Gasteiger partial charge < -0.3 is 10.2 Å². The second-order valence-corrected chi connectivity index (χ2v) is 8.69. The van der Waals surface area contributed by atoms with Gasteiger partial charge in [0, 0.05) is 20.1 Å². The zero-order valence-electron chi connectivity index (χ0n) is 14.3. The average molecular weight is 309 g/mol. The summed E-state index contributed by atoms with van der Waals surface area (Å²) in [5.74, 6) is 0. The Labute approximate surface area is 134 Å². The van der Waals surface area contributed by atoms with Crippen LogP contribution in [0.1, 0.15) is 47.0 Å². The van der Waals surface area contributed by atoms with Crippen LogP contribution in [-0.2, 0) is 0 Å². The van der Waals surface area contributed by atoms with Crippen molar-refractivity contribution in [3.8, 4) is 0 Å². The van der Waals surface area contributed by atoms with Crippen molar-refractivity contribution >= 4 is 23.0 Å². The SMILES string of the molecule is CN(C)c1c(Cl)cccc1NC1CC(C)(C)CC(C)(C)C1. The molecule has 0 heterocycles. The van der Waals surface area contributed by atoms with E-state index in [9.17, 15) is 0 Å². The molecule has 21 heavy (non-hydrogen) atoms. The van der Waals surface area contributed by atoms with Gasteiger partial charge in [0.2, 0.25) is 0 Å². The van der Waals surface area contributed by atoms with Gasteiger partial charge in [0.1, 0.15) is 0 Å². The van der Waals surface area contributed by atoms with Crippen LogP contribution in [0.3, 0.4) is 0 Å². The average Bonchev–Trinajstić information content (AvgIpc) is 2.23. The number of halogens is 1. The highest BCUT2D eigenvalue weighted by molar-refractivity contribution is 6.34. The van der Waals surface area contributed by atoms with Crippen LogP contribution in [0.15, 0.2) is 18.2 Å². The van der Waals surface area contributed by atoms with Gasteiger partial charge >= 0.3 is 0 Å². The Kier molecular flexibility index (Phi) is 4.49. The number of hydrogen-bond donors (Lipinski definition) is 1. The molecule has 1 aromatic carbocycles. The van der Waals surface area contributed by atoms with Crippen molar-refractivity contribution < 1.29 is 0 Å². The molecule has 2 rings (SSSR count). The third kappa shape index (κ3) is 4.06. The van der Waals surface area contributed by atoms with E-state index in [-0.39, 0.29) is 0 Å². The lowest BCUT2D eigenvalue weighted by Gasteiger charge is -2.45. The Morgan fingerprint density at radius 2 is 1.67 bits per heavy atom. The fraction of sp³-hybridized carbons (Fsp3) is 0.667. The second kappa shape index (κ2) is 5.72. The highest BCUT2D eigenvalue weighted by atomic mass is 35.5. The maximum absolute atomic E-state index is 6.37. The van der Waals surface area contributed by atoms with Crippen LogP contribution < -0.4 is 10.2 Å². The number of rotatable bonds is 3.